The van der Waals surface area contributed by atoms with E-state index in [2.05, 4.69) is 231 Å². The molecule has 8 aromatic heterocycles. The van der Waals surface area contributed by atoms with Crippen molar-refractivity contribution >= 4 is 22.7 Å². The van der Waals surface area contributed by atoms with Gasteiger partial charge in [-0.15, -0.1) is 11.3 Å². The van der Waals surface area contributed by atoms with Crippen LogP contribution >= 0.6 is 22.7 Å². The normalized spacial score (nSPS) is 10.2. The molecule has 0 atom stereocenters. The molecule has 76 heavy (non-hydrogen) atoms. The maximum absolute atomic E-state index is 4.88. The van der Waals surface area contributed by atoms with Gasteiger partial charge in [-0.05, 0) is 152 Å². The summed E-state index contributed by atoms with van der Waals surface area (Å²) in [4.78, 5) is 23.9. The Balaban J connectivity index is 0.000000428. The molecule has 9 heteroatoms. The van der Waals surface area contributed by atoms with Crippen molar-refractivity contribution in [3.8, 4) is 0 Å². The summed E-state index contributed by atoms with van der Waals surface area (Å²) in [5.41, 5.74) is 9.29. The number of pyridine rings is 2. The predicted molar refractivity (Wildman–Crippen MR) is 333 cm³/mol. The fourth-order valence-electron chi connectivity index (χ4n) is 6.11. The van der Waals surface area contributed by atoms with Crippen LogP contribution in [0.1, 0.15) is 228 Å². The molecular weight excluding hydrogens is 969 g/mol. The number of rotatable bonds is 9. The molecule has 0 saturated heterocycles. The van der Waals surface area contributed by atoms with Crippen LogP contribution in [0.4, 0.5) is 0 Å². The van der Waals surface area contributed by atoms with Crippen LogP contribution in [0.25, 0.3) is 0 Å². The van der Waals surface area contributed by atoms with E-state index >= 15 is 0 Å². The number of thiophene rings is 2. The second-order valence-corrected chi connectivity index (χ2v) is 22.6. The fourth-order valence-corrected chi connectivity index (χ4v) is 7.67. The van der Waals surface area contributed by atoms with Crippen molar-refractivity contribution in [1.29, 1.82) is 0 Å². The molecule has 0 fully saturated rings. The van der Waals surface area contributed by atoms with E-state index in [1.165, 1.54) is 38.4 Å². The molecule has 0 saturated carbocycles. The molecule has 0 aliphatic rings. The molecular formula is C67H96N6OS2. The Hall–Kier alpha value is -6.16. The highest BCUT2D eigenvalue weighted by atomic mass is 32.1. The molecule has 9 aromatic rings. The van der Waals surface area contributed by atoms with Gasteiger partial charge in [0.05, 0.1) is 12.5 Å². The quantitative estimate of drug-likeness (QED) is 0.150. The number of nitrogens with zero attached hydrogens (tertiary/aromatic N) is 4. The molecule has 0 amide bonds. The van der Waals surface area contributed by atoms with Crippen molar-refractivity contribution in [2.75, 3.05) is 0 Å². The first-order valence-electron chi connectivity index (χ1n) is 27.2. The van der Waals surface area contributed by atoms with E-state index in [0.29, 0.717) is 53.3 Å². The number of furan rings is 1. The Bertz CT molecular complexity index is 2140. The van der Waals surface area contributed by atoms with Crippen molar-refractivity contribution in [2.24, 2.45) is 0 Å². The number of nitrogens with one attached hydrogen (secondary N) is 2. The van der Waals surface area contributed by atoms with Gasteiger partial charge >= 0.3 is 0 Å². The molecule has 2 N–H and O–H groups in total. The fraction of sp³-hybridized carbons (Fsp3) is 0.403. The van der Waals surface area contributed by atoms with Crippen LogP contribution in [0.5, 0.6) is 0 Å². The number of hydrogen-bond acceptors (Lipinski definition) is 7. The van der Waals surface area contributed by atoms with Crippen LogP contribution in [-0.4, -0.2) is 29.9 Å². The van der Waals surface area contributed by atoms with E-state index in [4.69, 9.17) is 4.42 Å². The van der Waals surface area contributed by atoms with Gasteiger partial charge in [0.25, 0.3) is 0 Å². The Kier molecular flexibility index (Phi) is 36.7. The highest BCUT2D eigenvalue weighted by Crippen LogP contribution is 2.20. The average Bonchev–Trinajstić information content (AvgIpc) is 4.29. The third kappa shape index (κ3) is 32.3. The van der Waals surface area contributed by atoms with E-state index in [0.717, 1.165) is 11.5 Å². The minimum Gasteiger partial charge on any atom is -0.472 e. The molecule has 0 unspecified atom stereocenters. The highest BCUT2D eigenvalue weighted by Gasteiger charge is 2.01. The van der Waals surface area contributed by atoms with Crippen LogP contribution in [-0.2, 0) is 0 Å². The zero-order valence-corrected chi connectivity index (χ0v) is 51.2. The first-order valence-corrected chi connectivity index (χ1v) is 29.0. The third-order valence-electron chi connectivity index (χ3n) is 11.3. The summed E-state index contributed by atoms with van der Waals surface area (Å²) < 4.78 is 4.88. The van der Waals surface area contributed by atoms with Gasteiger partial charge in [-0.1, -0.05) is 173 Å². The van der Waals surface area contributed by atoms with Gasteiger partial charge in [0.15, 0.2) is 0 Å². The SMILES string of the molecule is CC(C)c1cc[nH]c1.CC(C)c1ccc[nH]1.CC(C)c1ccccc1.CC(C)c1ccccn1.CC(C)c1cccnc1.CC(C)c1cccs1.CC(C)c1ccoc1.CC(C)c1ccsc1.CC(C)c1ncccn1. The average molecular weight is 1070 g/mol. The minimum atomic E-state index is 0.436. The molecule has 0 radical (unpaired) electrons. The van der Waals surface area contributed by atoms with Gasteiger partial charge in [0.2, 0.25) is 0 Å². The van der Waals surface area contributed by atoms with Gasteiger partial charge in [-0.25, -0.2) is 9.97 Å². The molecule has 7 nitrogen and oxygen atoms in total. The number of aromatic nitrogens is 6. The topological polar surface area (TPSA) is 96.3 Å². The Morgan fingerprint density at radius 2 is 1.04 bits per heavy atom. The van der Waals surface area contributed by atoms with E-state index in [1.54, 1.807) is 42.5 Å². The Morgan fingerprint density at radius 1 is 0.421 bits per heavy atom. The van der Waals surface area contributed by atoms with Crippen molar-refractivity contribution < 1.29 is 4.42 Å². The number of H-pyrrole nitrogens is 2. The zero-order valence-electron chi connectivity index (χ0n) is 49.6. The maximum atomic E-state index is 4.88. The van der Waals surface area contributed by atoms with Gasteiger partial charge in [0, 0.05) is 71.8 Å². The van der Waals surface area contributed by atoms with Crippen LogP contribution in [0.15, 0.2) is 192 Å². The molecule has 0 aliphatic carbocycles. The van der Waals surface area contributed by atoms with E-state index in [-0.39, 0.29) is 0 Å². The van der Waals surface area contributed by atoms with Crippen LogP contribution in [0, 0.1) is 0 Å². The van der Waals surface area contributed by atoms with E-state index < -0.39 is 0 Å². The Morgan fingerprint density at radius 3 is 1.33 bits per heavy atom. The lowest BCUT2D eigenvalue weighted by Crippen LogP contribution is -1.93. The summed E-state index contributed by atoms with van der Waals surface area (Å²) in [5.74, 6) is 6.43. The lowest BCUT2D eigenvalue weighted by Gasteiger charge is -2.01. The summed E-state index contributed by atoms with van der Waals surface area (Å²) in [5, 5.41) is 6.44. The largest absolute Gasteiger partial charge is 0.472 e. The third-order valence-corrected chi connectivity index (χ3v) is 13.1. The van der Waals surface area contributed by atoms with Crippen LogP contribution in [0.3, 0.4) is 0 Å². The molecule has 1 aromatic carbocycles. The van der Waals surface area contributed by atoms with Gasteiger partial charge in [-0.3, -0.25) is 9.97 Å². The van der Waals surface area contributed by atoms with E-state index in [1.807, 2.05) is 90.9 Å². The van der Waals surface area contributed by atoms with E-state index in [9.17, 15) is 0 Å². The smallest absolute Gasteiger partial charge is 0.130 e. The maximum Gasteiger partial charge on any atom is 0.130 e. The summed E-state index contributed by atoms with van der Waals surface area (Å²) in [7, 11) is 0. The lowest BCUT2D eigenvalue weighted by molar-refractivity contribution is 0.562. The lowest BCUT2D eigenvalue weighted by atomic mass is 10.0. The van der Waals surface area contributed by atoms with Crippen molar-refractivity contribution in [3.05, 3.63) is 237 Å². The predicted octanol–water partition coefficient (Wildman–Crippen LogP) is 21.2. The first kappa shape index (κ1) is 67.9. The van der Waals surface area contributed by atoms with Crippen molar-refractivity contribution in [2.45, 2.75) is 178 Å². The summed E-state index contributed by atoms with van der Waals surface area (Å²) in [6, 6.07) is 37.1. The van der Waals surface area contributed by atoms with Gasteiger partial charge in [0.1, 0.15) is 5.82 Å². The van der Waals surface area contributed by atoms with Crippen LogP contribution < -0.4 is 0 Å². The summed E-state index contributed by atoms with van der Waals surface area (Å²) >= 11 is 3.60. The van der Waals surface area contributed by atoms with Crippen molar-refractivity contribution in [1.82, 2.24) is 29.9 Å². The zero-order chi connectivity index (χ0) is 56.7. The molecule has 0 spiro atoms. The second-order valence-electron chi connectivity index (χ2n) is 20.8. The molecule has 9 rings (SSSR count). The van der Waals surface area contributed by atoms with Crippen LogP contribution in [0.2, 0.25) is 0 Å². The summed E-state index contributed by atoms with van der Waals surface area (Å²) in [6.45, 7) is 39.0. The monoisotopic (exact) mass is 1060 g/mol. The van der Waals surface area contributed by atoms with Crippen molar-refractivity contribution in [3.63, 3.8) is 0 Å². The number of aromatic amines is 2. The highest BCUT2D eigenvalue weighted by molar-refractivity contribution is 7.10. The molecule has 412 valence electrons. The molecule has 0 bridgehead atoms. The standard InChI is InChI=1S/C9H12.2C8H11N.C7H10N2.2C7H11N.C7H10O.2C7H10S/c1-8(2)9-6-4-3-5-7-9;1-7(2)8-4-3-5-9-6-8;1-7(2)8-5-3-4-6-9-8;1-6(2)7-8-4-3-5-9-7;1-6(2)7-3-4-8-5-7;1-6(2)7-4-3-5-8-7;2*1-6(2)7-3-4-8-5-7;1-6(2)7-4-3-5-8-7/h3-8H,1-2H3;2*3-7H,1-2H3;3-6H,1-2H3;2*3-6,8H,1-2H3;3*3-6H,1-2H3. The van der Waals surface area contributed by atoms with Gasteiger partial charge in [-0.2, -0.15) is 11.3 Å². The minimum absolute atomic E-state index is 0.436. The van der Waals surface area contributed by atoms with Gasteiger partial charge < -0.3 is 14.4 Å². The molecule has 0 aliphatic heterocycles. The molecule has 8 heterocycles. The first-order chi connectivity index (χ1) is 36.2. The Labute approximate surface area is 469 Å². The second kappa shape index (κ2) is 41.1. The number of hydrogen-bond donors (Lipinski definition) is 2. The summed E-state index contributed by atoms with van der Waals surface area (Å²) in [6.07, 6.45) is 18.5. The number of benzene rings is 1.